The summed E-state index contributed by atoms with van der Waals surface area (Å²) in [6, 6.07) is 10.0. The zero-order chi connectivity index (χ0) is 11.1. The Kier molecular flexibility index (Phi) is 3.64. The van der Waals surface area contributed by atoms with Crippen LogP contribution < -0.4 is 5.32 Å². The molecule has 0 atom stereocenters. The molecule has 0 aliphatic rings. The number of benzene rings is 1. The van der Waals surface area contributed by atoms with Gasteiger partial charge in [0, 0.05) is 17.8 Å². The lowest BCUT2D eigenvalue weighted by atomic mass is 10.1. The van der Waals surface area contributed by atoms with E-state index in [1.165, 1.54) is 12.3 Å². The van der Waals surface area contributed by atoms with Gasteiger partial charge in [-0.05, 0) is 18.2 Å². The largest absolute Gasteiger partial charge is 0.328 e. The molecule has 4 nitrogen and oxygen atoms in total. The Morgan fingerprint density at radius 3 is 2.87 bits per heavy atom. The first-order chi connectivity index (χ1) is 7.27. The Balaban J connectivity index is 2.80. The van der Waals surface area contributed by atoms with E-state index in [0.29, 0.717) is 11.1 Å². The number of carbonyl (C=O) groups excluding carboxylic acids is 1. The van der Waals surface area contributed by atoms with E-state index in [4.69, 9.17) is 10.5 Å². The van der Waals surface area contributed by atoms with Crippen LogP contribution in [-0.2, 0) is 0 Å². The predicted molar refractivity (Wildman–Crippen MR) is 53.4 cm³/mol. The topological polar surface area (TPSA) is 76.7 Å². The predicted octanol–water partition coefficient (Wildman–Crippen LogP) is 1.33. The highest BCUT2D eigenvalue weighted by Gasteiger charge is 2.03. The Hall–Kier alpha value is -2.59. The second-order valence-corrected chi connectivity index (χ2v) is 2.63. The van der Waals surface area contributed by atoms with Gasteiger partial charge in [0.05, 0.1) is 17.7 Å². The molecular weight excluding hydrogens is 190 g/mol. The van der Waals surface area contributed by atoms with Crippen molar-refractivity contribution in [1.29, 1.82) is 10.5 Å². The van der Waals surface area contributed by atoms with Crippen molar-refractivity contribution in [3.8, 4) is 12.1 Å². The highest BCUT2D eigenvalue weighted by molar-refractivity contribution is 5.95. The molecule has 0 spiro atoms. The molecule has 0 aromatic heterocycles. The SMILES string of the molecule is N#CC=CNC(=O)c1cccc(C#N)c1. The number of hydrogen-bond acceptors (Lipinski definition) is 3. The standard InChI is InChI=1S/C11H7N3O/c12-5-2-6-14-11(15)10-4-1-3-9(7-10)8-13/h1-4,6-7H,(H,14,15). The van der Waals surface area contributed by atoms with Crippen LogP contribution in [0.25, 0.3) is 0 Å². The van der Waals surface area contributed by atoms with E-state index >= 15 is 0 Å². The average molecular weight is 197 g/mol. The number of amides is 1. The number of allylic oxidation sites excluding steroid dienone is 1. The van der Waals surface area contributed by atoms with Gasteiger partial charge in [-0.15, -0.1) is 0 Å². The van der Waals surface area contributed by atoms with Crippen molar-refractivity contribution in [2.75, 3.05) is 0 Å². The number of carbonyl (C=O) groups is 1. The molecule has 0 aliphatic carbocycles. The molecule has 0 aliphatic heterocycles. The summed E-state index contributed by atoms with van der Waals surface area (Å²) in [6.07, 6.45) is 2.41. The molecule has 1 aromatic rings. The Bertz CT molecular complexity index is 477. The van der Waals surface area contributed by atoms with Gasteiger partial charge in [0.15, 0.2) is 0 Å². The van der Waals surface area contributed by atoms with Gasteiger partial charge in [0.25, 0.3) is 5.91 Å². The smallest absolute Gasteiger partial charge is 0.255 e. The maximum absolute atomic E-state index is 11.4. The number of nitrogens with one attached hydrogen (secondary N) is 1. The van der Waals surface area contributed by atoms with Crippen LogP contribution >= 0.6 is 0 Å². The fourth-order valence-electron chi connectivity index (χ4n) is 0.968. The number of nitriles is 2. The molecule has 0 saturated heterocycles. The van der Waals surface area contributed by atoms with Crippen LogP contribution in [0.1, 0.15) is 15.9 Å². The highest BCUT2D eigenvalue weighted by Crippen LogP contribution is 2.03. The monoisotopic (exact) mass is 197 g/mol. The molecule has 0 fully saturated rings. The van der Waals surface area contributed by atoms with Crippen LogP contribution in [0.4, 0.5) is 0 Å². The normalized spacial score (nSPS) is 9.20. The molecule has 1 rings (SSSR count). The molecular formula is C11H7N3O. The maximum Gasteiger partial charge on any atom is 0.255 e. The fraction of sp³-hybridized carbons (Fsp3) is 0. The van der Waals surface area contributed by atoms with Crippen LogP contribution in [0.15, 0.2) is 36.5 Å². The van der Waals surface area contributed by atoms with Crippen molar-refractivity contribution in [3.05, 3.63) is 47.7 Å². The minimum absolute atomic E-state index is 0.349. The van der Waals surface area contributed by atoms with Gasteiger partial charge >= 0.3 is 0 Å². The molecule has 72 valence electrons. The third-order valence-corrected chi connectivity index (χ3v) is 1.63. The maximum atomic E-state index is 11.4. The summed E-state index contributed by atoms with van der Waals surface area (Å²) in [5.74, 6) is -0.349. The van der Waals surface area contributed by atoms with Gasteiger partial charge in [0.2, 0.25) is 0 Å². The summed E-state index contributed by atoms with van der Waals surface area (Å²) >= 11 is 0. The van der Waals surface area contributed by atoms with Crippen molar-refractivity contribution in [3.63, 3.8) is 0 Å². The Morgan fingerprint density at radius 2 is 2.20 bits per heavy atom. The van der Waals surface area contributed by atoms with E-state index in [1.54, 1.807) is 24.3 Å². The van der Waals surface area contributed by atoms with Gasteiger partial charge in [-0.1, -0.05) is 6.07 Å². The first-order valence-electron chi connectivity index (χ1n) is 4.13. The van der Waals surface area contributed by atoms with Crippen LogP contribution in [-0.4, -0.2) is 5.91 Å². The van der Waals surface area contributed by atoms with Crippen molar-refractivity contribution in [1.82, 2.24) is 5.32 Å². The van der Waals surface area contributed by atoms with E-state index in [2.05, 4.69) is 5.32 Å². The first-order valence-corrected chi connectivity index (χ1v) is 4.13. The molecule has 0 bridgehead atoms. The lowest BCUT2D eigenvalue weighted by molar-refractivity contribution is 0.0970. The molecule has 0 radical (unpaired) electrons. The molecule has 0 heterocycles. The van der Waals surface area contributed by atoms with E-state index in [0.717, 1.165) is 6.08 Å². The lowest BCUT2D eigenvalue weighted by Gasteiger charge is -1.99. The van der Waals surface area contributed by atoms with Gasteiger partial charge in [0.1, 0.15) is 0 Å². The van der Waals surface area contributed by atoms with Crippen LogP contribution in [0.3, 0.4) is 0 Å². The van der Waals surface area contributed by atoms with Gasteiger partial charge in [-0.3, -0.25) is 4.79 Å². The minimum atomic E-state index is -0.349. The Morgan fingerprint density at radius 1 is 1.40 bits per heavy atom. The molecule has 0 saturated carbocycles. The summed E-state index contributed by atoms with van der Waals surface area (Å²) in [5.41, 5.74) is 0.809. The van der Waals surface area contributed by atoms with Crippen molar-refractivity contribution >= 4 is 5.91 Å². The summed E-state index contributed by atoms with van der Waals surface area (Å²) < 4.78 is 0. The molecule has 1 N–H and O–H groups in total. The minimum Gasteiger partial charge on any atom is -0.328 e. The number of nitrogens with zero attached hydrogens (tertiary/aromatic N) is 2. The molecule has 1 amide bonds. The van der Waals surface area contributed by atoms with Crippen molar-refractivity contribution in [2.45, 2.75) is 0 Å². The van der Waals surface area contributed by atoms with Crippen LogP contribution in [0.5, 0.6) is 0 Å². The molecule has 4 heteroatoms. The molecule has 0 unspecified atom stereocenters. The second-order valence-electron chi connectivity index (χ2n) is 2.63. The zero-order valence-corrected chi connectivity index (χ0v) is 7.77. The lowest BCUT2D eigenvalue weighted by Crippen LogP contribution is -2.16. The number of rotatable bonds is 2. The van der Waals surface area contributed by atoms with Gasteiger partial charge < -0.3 is 5.32 Å². The van der Waals surface area contributed by atoms with E-state index in [-0.39, 0.29) is 5.91 Å². The Labute approximate surface area is 87.1 Å². The second kappa shape index (κ2) is 5.21. The number of hydrogen-bond donors (Lipinski definition) is 1. The van der Waals surface area contributed by atoms with Crippen LogP contribution in [0.2, 0.25) is 0 Å². The van der Waals surface area contributed by atoms with Gasteiger partial charge in [-0.2, -0.15) is 10.5 Å². The highest BCUT2D eigenvalue weighted by atomic mass is 16.1. The summed E-state index contributed by atoms with van der Waals surface area (Å²) in [7, 11) is 0. The van der Waals surface area contributed by atoms with E-state index in [1.807, 2.05) is 6.07 Å². The molecule has 1 aromatic carbocycles. The summed E-state index contributed by atoms with van der Waals surface area (Å²) in [6.45, 7) is 0. The van der Waals surface area contributed by atoms with Crippen molar-refractivity contribution in [2.24, 2.45) is 0 Å². The van der Waals surface area contributed by atoms with Crippen molar-refractivity contribution < 1.29 is 4.79 Å². The quantitative estimate of drug-likeness (QED) is 0.726. The van der Waals surface area contributed by atoms with E-state index < -0.39 is 0 Å². The first kappa shape index (κ1) is 10.5. The average Bonchev–Trinajstić information content (AvgIpc) is 2.29. The zero-order valence-electron chi connectivity index (χ0n) is 7.77. The third-order valence-electron chi connectivity index (χ3n) is 1.63. The van der Waals surface area contributed by atoms with Gasteiger partial charge in [-0.25, -0.2) is 0 Å². The molecule has 15 heavy (non-hydrogen) atoms. The third kappa shape index (κ3) is 2.98. The summed E-state index contributed by atoms with van der Waals surface area (Å²) in [5, 5.41) is 19.2. The summed E-state index contributed by atoms with van der Waals surface area (Å²) in [4.78, 5) is 11.4. The van der Waals surface area contributed by atoms with Crippen LogP contribution in [0, 0.1) is 22.7 Å². The fourth-order valence-corrected chi connectivity index (χ4v) is 0.968. The van der Waals surface area contributed by atoms with E-state index in [9.17, 15) is 4.79 Å².